The Labute approximate surface area is 150 Å². The van der Waals surface area contributed by atoms with Crippen molar-refractivity contribution in [3.63, 3.8) is 0 Å². The van der Waals surface area contributed by atoms with Gasteiger partial charge in [-0.25, -0.2) is 0 Å². The van der Waals surface area contributed by atoms with Gasteiger partial charge in [0.2, 0.25) is 5.91 Å². The van der Waals surface area contributed by atoms with E-state index in [-0.39, 0.29) is 5.91 Å². The van der Waals surface area contributed by atoms with E-state index in [4.69, 9.17) is 10.5 Å². The van der Waals surface area contributed by atoms with Gasteiger partial charge in [-0.05, 0) is 30.7 Å². The molecule has 0 aromatic heterocycles. The van der Waals surface area contributed by atoms with Gasteiger partial charge in [-0.3, -0.25) is 9.69 Å². The molecule has 0 saturated carbocycles. The first-order valence-electron chi connectivity index (χ1n) is 9.45. The van der Waals surface area contributed by atoms with Gasteiger partial charge in [0.1, 0.15) is 0 Å². The van der Waals surface area contributed by atoms with E-state index in [1.807, 2.05) is 0 Å². The van der Waals surface area contributed by atoms with Crippen LogP contribution in [0.3, 0.4) is 0 Å². The third-order valence-corrected chi connectivity index (χ3v) is 5.69. The highest BCUT2D eigenvalue weighted by molar-refractivity contribution is 5.81. The van der Waals surface area contributed by atoms with Gasteiger partial charge in [-0.1, -0.05) is 37.3 Å². The van der Waals surface area contributed by atoms with E-state index in [1.165, 1.54) is 5.56 Å². The molecule has 138 valence electrons. The van der Waals surface area contributed by atoms with Gasteiger partial charge in [0.05, 0.1) is 5.41 Å². The van der Waals surface area contributed by atoms with E-state index < -0.39 is 5.41 Å². The number of amides is 1. The lowest BCUT2D eigenvalue weighted by Gasteiger charge is -2.40. The summed E-state index contributed by atoms with van der Waals surface area (Å²) in [6, 6.07) is 11.0. The zero-order valence-electron chi connectivity index (χ0n) is 15.2. The summed E-state index contributed by atoms with van der Waals surface area (Å²) >= 11 is 0. The van der Waals surface area contributed by atoms with Crippen LogP contribution in [0.5, 0.6) is 0 Å². The van der Waals surface area contributed by atoms with E-state index in [0.29, 0.717) is 31.7 Å². The zero-order valence-corrected chi connectivity index (χ0v) is 15.2. The number of carbonyl (C=O) groups excluding carboxylic acids is 1. The summed E-state index contributed by atoms with van der Waals surface area (Å²) in [6.45, 7) is 7.37. The molecule has 1 amide bonds. The Morgan fingerprint density at radius 3 is 2.68 bits per heavy atom. The highest BCUT2D eigenvalue weighted by atomic mass is 16.5. The van der Waals surface area contributed by atoms with Crippen LogP contribution >= 0.6 is 0 Å². The van der Waals surface area contributed by atoms with Crippen molar-refractivity contribution in [1.82, 2.24) is 10.2 Å². The standard InChI is InChI=1S/C20H31N3O2/c1-16-11-18(14-23(12-16)13-17-5-3-2-4-6-17)22-15-20(19(21)24)7-9-25-10-8-20/h2-6,16,18,22H,7-15H2,1H3,(H2,21,24)/t16-,18-/m0/s1. The Balaban J connectivity index is 1.57. The van der Waals surface area contributed by atoms with E-state index >= 15 is 0 Å². The molecule has 3 N–H and O–H groups in total. The van der Waals surface area contributed by atoms with Crippen LogP contribution in [-0.4, -0.2) is 49.7 Å². The molecule has 0 spiro atoms. The molecule has 2 atom stereocenters. The number of carbonyl (C=O) groups is 1. The fourth-order valence-electron chi connectivity index (χ4n) is 4.19. The minimum absolute atomic E-state index is 0.187. The Bertz CT molecular complexity index is 557. The highest BCUT2D eigenvalue weighted by Crippen LogP contribution is 2.30. The number of hydrogen-bond donors (Lipinski definition) is 2. The topological polar surface area (TPSA) is 67.6 Å². The van der Waals surface area contributed by atoms with Gasteiger partial charge in [0, 0.05) is 45.4 Å². The van der Waals surface area contributed by atoms with Gasteiger partial charge in [0.25, 0.3) is 0 Å². The second kappa shape index (κ2) is 8.30. The van der Waals surface area contributed by atoms with Gasteiger partial charge >= 0.3 is 0 Å². The van der Waals surface area contributed by atoms with Crippen LogP contribution in [0.4, 0.5) is 0 Å². The maximum Gasteiger partial charge on any atom is 0.225 e. The first-order chi connectivity index (χ1) is 12.1. The second-order valence-electron chi connectivity index (χ2n) is 7.86. The molecule has 5 heteroatoms. The van der Waals surface area contributed by atoms with Crippen molar-refractivity contribution in [3.8, 4) is 0 Å². The number of primary amides is 1. The van der Waals surface area contributed by atoms with Crippen LogP contribution in [0.1, 0.15) is 31.7 Å². The van der Waals surface area contributed by atoms with Crippen molar-refractivity contribution >= 4 is 5.91 Å². The molecule has 0 radical (unpaired) electrons. The summed E-state index contributed by atoms with van der Waals surface area (Å²) in [4.78, 5) is 14.6. The fraction of sp³-hybridized carbons (Fsp3) is 0.650. The van der Waals surface area contributed by atoms with Crippen LogP contribution in [0.25, 0.3) is 0 Å². The van der Waals surface area contributed by atoms with Crippen LogP contribution in [0, 0.1) is 11.3 Å². The molecule has 1 aromatic carbocycles. The molecule has 2 fully saturated rings. The summed E-state index contributed by atoms with van der Waals surface area (Å²) < 4.78 is 5.42. The van der Waals surface area contributed by atoms with Crippen molar-refractivity contribution in [1.29, 1.82) is 0 Å². The molecule has 5 nitrogen and oxygen atoms in total. The van der Waals surface area contributed by atoms with Crippen LogP contribution in [0.2, 0.25) is 0 Å². The monoisotopic (exact) mass is 345 g/mol. The summed E-state index contributed by atoms with van der Waals surface area (Å²) in [5, 5.41) is 3.66. The van der Waals surface area contributed by atoms with Crippen molar-refractivity contribution in [2.75, 3.05) is 32.8 Å². The largest absolute Gasteiger partial charge is 0.381 e. The Hall–Kier alpha value is -1.43. The van der Waals surface area contributed by atoms with Gasteiger partial charge < -0.3 is 15.8 Å². The third kappa shape index (κ3) is 4.81. The Kier molecular flexibility index (Phi) is 6.10. The predicted molar refractivity (Wildman–Crippen MR) is 99.0 cm³/mol. The minimum atomic E-state index is -0.441. The van der Waals surface area contributed by atoms with Crippen LogP contribution < -0.4 is 11.1 Å². The average Bonchev–Trinajstić information content (AvgIpc) is 2.61. The molecule has 2 aliphatic rings. The summed E-state index contributed by atoms with van der Waals surface area (Å²) in [6.07, 6.45) is 2.60. The first kappa shape index (κ1) is 18.4. The number of nitrogens with two attached hydrogens (primary N) is 1. The maximum atomic E-state index is 12.0. The third-order valence-electron chi connectivity index (χ3n) is 5.69. The zero-order chi connectivity index (χ0) is 17.7. The molecule has 25 heavy (non-hydrogen) atoms. The Morgan fingerprint density at radius 2 is 2.00 bits per heavy atom. The number of likely N-dealkylation sites (tertiary alicyclic amines) is 1. The quantitative estimate of drug-likeness (QED) is 0.825. The van der Waals surface area contributed by atoms with Gasteiger partial charge in [-0.2, -0.15) is 0 Å². The Morgan fingerprint density at radius 1 is 1.28 bits per heavy atom. The van der Waals surface area contributed by atoms with Crippen LogP contribution in [-0.2, 0) is 16.1 Å². The number of benzene rings is 1. The van der Waals surface area contributed by atoms with Crippen molar-refractivity contribution in [2.24, 2.45) is 17.1 Å². The van der Waals surface area contributed by atoms with Gasteiger partial charge in [0.15, 0.2) is 0 Å². The number of rotatable bonds is 6. The average molecular weight is 345 g/mol. The predicted octanol–water partition coefficient (Wildman–Crippen LogP) is 1.77. The normalized spacial score (nSPS) is 27.1. The molecular weight excluding hydrogens is 314 g/mol. The van der Waals surface area contributed by atoms with E-state index in [9.17, 15) is 4.79 Å². The number of nitrogens with zero attached hydrogens (tertiary/aromatic N) is 1. The molecule has 2 aliphatic heterocycles. The molecular formula is C20H31N3O2. The molecule has 0 aliphatic carbocycles. The minimum Gasteiger partial charge on any atom is -0.381 e. The summed E-state index contributed by atoms with van der Waals surface area (Å²) in [5.41, 5.74) is 6.64. The highest BCUT2D eigenvalue weighted by Gasteiger charge is 2.39. The molecule has 1 aromatic rings. The number of piperidine rings is 1. The second-order valence-corrected chi connectivity index (χ2v) is 7.86. The van der Waals surface area contributed by atoms with Crippen molar-refractivity contribution in [2.45, 2.75) is 38.8 Å². The maximum absolute atomic E-state index is 12.0. The lowest BCUT2D eigenvalue weighted by atomic mass is 9.79. The first-order valence-corrected chi connectivity index (χ1v) is 9.45. The summed E-state index contributed by atoms with van der Waals surface area (Å²) in [7, 11) is 0. The number of ether oxygens (including phenoxy) is 1. The molecule has 0 unspecified atom stereocenters. The molecule has 2 saturated heterocycles. The van der Waals surface area contributed by atoms with Crippen LogP contribution in [0.15, 0.2) is 30.3 Å². The molecule has 2 heterocycles. The fourth-order valence-corrected chi connectivity index (χ4v) is 4.19. The number of nitrogens with one attached hydrogen (secondary N) is 1. The lowest BCUT2D eigenvalue weighted by Crippen LogP contribution is -2.54. The molecule has 3 rings (SSSR count). The van der Waals surface area contributed by atoms with Crippen molar-refractivity contribution in [3.05, 3.63) is 35.9 Å². The molecule has 0 bridgehead atoms. The lowest BCUT2D eigenvalue weighted by molar-refractivity contribution is -0.133. The number of hydrogen-bond acceptors (Lipinski definition) is 4. The van der Waals surface area contributed by atoms with E-state index in [2.05, 4.69) is 47.5 Å². The SMILES string of the molecule is C[C@H]1C[C@H](NCC2(C(N)=O)CCOCC2)CN(Cc2ccccc2)C1. The van der Waals surface area contributed by atoms with E-state index in [1.54, 1.807) is 0 Å². The smallest absolute Gasteiger partial charge is 0.225 e. The summed E-state index contributed by atoms with van der Waals surface area (Å²) in [5.74, 6) is 0.461. The van der Waals surface area contributed by atoms with E-state index in [0.717, 1.165) is 38.9 Å². The van der Waals surface area contributed by atoms with Crippen molar-refractivity contribution < 1.29 is 9.53 Å². The van der Waals surface area contributed by atoms with Gasteiger partial charge in [-0.15, -0.1) is 0 Å².